The van der Waals surface area contributed by atoms with Gasteiger partial charge in [0.15, 0.2) is 0 Å². The van der Waals surface area contributed by atoms with Crippen molar-refractivity contribution in [3.8, 4) is 16.9 Å². The summed E-state index contributed by atoms with van der Waals surface area (Å²) in [4.78, 5) is 25.5. The van der Waals surface area contributed by atoms with E-state index in [-0.39, 0.29) is 41.4 Å². The van der Waals surface area contributed by atoms with E-state index >= 15 is 0 Å². The van der Waals surface area contributed by atoms with Crippen LogP contribution in [-0.4, -0.2) is 44.4 Å². The fraction of sp³-hybridized carbons (Fsp3) is 0.238. The van der Waals surface area contributed by atoms with Crippen LogP contribution in [0, 0.1) is 5.82 Å². The molecule has 0 bridgehead atoms. The third-order valence-electron chi connectivity index (χ3n) is 5.45. The smallest absolute Gasteiger partial charge is 0.335 e. The normalized spacial score (nSPS) is 20.4. The van der Waals surface area contributed by atoms with E-state index in [2.05, 4.69) is 15.0 Å². The van der Waals surface area contributed by atoms with Crippen LogP contribution in [0.5, 0.6) is 5.75 Å². The van der Waals surface area contributed by atoms with Gasteiger partial charge in [0.25, 0.3) is 0 Å². The highest BCUT2D eigenvalue weighted by atomic mass is 19.1. The molecule has 1 aliphatic rings. The van der Waals surface area contributed by atoms with E-state index in [0.717, 1.165) is 0 Å². The van der Waals surface area contributed by atoms with Crippen LogP contribution >= 0.6 is 0 Å². The molecular formula is C21H18F2N4O3. The monoisotopic (exact) mass is 412 g/mol. The van der Waals surface area contributed by atoms with Crippen LogP contribution in [0.1, 0.15) is 28.9 Å². The number of hydrogen-bond donors (Lipinski definition) is 2. The van der Waals surface area contributed by atoms with Gasteiger partial charge in [0.05, 0.1) is 11.1 Å². The first-order valence-corrected chi connectivity index (χ1v) is 9.19. The van der Waals surface area contributed by atoms with Crippen molar-refractivity contribution in [3.05, 3.63) is 66.0 Å². The zero-order chi connectivity index (χ0) is 21.5. The Morgan fingerprint density at radius 2 is 1.90 bits per heavy atom. The summed E-state index contributed by atoms with van der Waals surface area (Å²) in [7, 11) is 1.65. The lowest BCUT2D eigenvalue weighted by molar-refractivity contribution is 0.0696. The summed E-state index contributed by atoms with van der Waals surface area (Å²) in [6.45, 7) is 0. The third kappa shape index (κ3) is 3.22. The van der Waals surface area contributed by atoms with E-state index in [0.29, 0.717) is 5.56 Å². The maximum atomic E-state index is 14.4. The molecule has 154 valence electrons. The molecule has 2 N–H and O–H groups in total. The van der Waals surface area contributed by atoms with Crippen molar-refractivity contribution < 1.29 is 23.8 Å². The van der Waals surface area contributed by atoms with Crippen molar-refractivity contribution in [2.45, 2.75) is 24.6 Å². The second-order valence-electron chi connectivity index (χ2n) is 7.24. The van der Waals surface area contributed by atoms with Gasteiger partial charge in [-0.1, -0.05) is 0 Å². The molecule has 0 aliphatic heterocycles. The van der Waals surface area contributed by atoms with Gasteiger partial charge in [-0.05, 0) is 30.3 Å². The molecule has 1 saturated carbocycles. The van der Waals surface area contributed by atoms with E-state index in [1.165, 1.54) is 48.9 Å². The van der Waals surface area contributed by atoms with Gasteiger partial charge in [-0.15, -0.1) is 0 Å². The lowest BCUT2D eigenvalue weighted by atomic mass is 9.71. The fourth-order valence-electron chi connectivity index (χ4n) is 3.75. The van der Waals surface area contributed by atoms with E-state index in [1.807, 2.05) is 0 Å². The largest absolute Gasteiger partial charge is 0.507 e. The summed E-state index contributed by atoms with van der Waals surface area (Å²) in [5, 5.41) is 19.2. The molecule has 9 heteroatoms. The quantitative estimate of drug-likeness (QED) is 0.661. The lowest BCUT2D eigenvalue weighted by Crippen LogP contribution is -2.56. The molecule has 0 unspecified atom stereocenters. The zero-order valence-electron chi connectivity index (χ0n) is 16.0. The summed E-state index contributed by atoms with van der Waals surface area (Å²) >= 11 is 0. The minimum Gasteiger partial charge on any atom is -0.507 e. The second-order valence-corrected chi connectivity index (χ2v) is 7.24. The number of carboxylic acids is 1. The van der Waals surface area contributed by atoms with Gasteiger partial charge in [-0.3, -0.25) is 4.98 Å². The van der Waals surface area contributed by atoms with Crippen LogP contribution < -0.4 is 4.90 Å². The van der Waals surface area contributed by atoms with Crippen LogP contribution in [0.25, 0.3) is 11.1 Å². The molecule has 2 aromatic heterocycles. The minimum absolute atomic E-state index is 0.0111. The topological polar surface area (TPSA) is 99.4 Å². The summed E-state index contributed by atoms with van der Waals surface area (Å²) in [5.74, 6) is -1.54. The molecule has 2 heterocycles. The Bertz CT molecular complexity index is 1100. The Morgan fingerprint density at radius 1 is 1.20 bits per heavy atom. The van der Waals surface area contributed by atoms with Gasteiger partial charge >= 0.3 is 5.97 Å². The molecule has 0 saturated heterocycles. The van der Waals surface area contributed by atoms with Gasteiger partial charge in [-0.25, -0.2) is 23.5 Å². The number of pyridine rings is 1. The van der Waals surface area contributed by atoms with Crippen molar-refractivity contribution in [2.75, 3.05) is 11.9 Å². The Balaban J connectivity index is 1.68. The number of phenolic OH excluding ortho intramolecular Hbond substituents is 1. The van der Waals surface area contributed by atoms with Crippen molar-refractivity contribution >= 4 is 11.9 Å². The van der Waals surface area contributed by atoms with Crippen LogP contribution in [0.4, 0.5) is 14.7 Å². The highest BCUT2D eigenvalue weighted by Crippen LogP contribution is 2.48. The molecule has 7 nitrogen and oxygen atoms in total. The van der Waals surface area contributed by atoms with Crippen LogP contribution in [0.15, 0.2) is 48.9 Å². The Labute approximate surface area is 170 Å². The highest BCUT2D eigenvalue weighted by Gasteiger charge is 2.52. The number of hydrogen-bond acceptors (Lipinski definition) is 6. The number of phenols is 1. The fourth-order valence-corrected chi connectivity index (χ4v) is 3.75. The molecular weight excluding hydrogens is 394 g/mol. The Morgan fingerprint density at radius 3 is 2.50 bits per heavy atom. The van der Waals surface area contributed by atoms with Gasteiger partial charge in [0, 0.05) is 49.6 Å². The van der Waals surface area contributed by atoms with Crippen LogP contribution in [0.3, 0.4) is 0 Å². The van der Waals surface area contributed by atoms with Crippen molar-refractivity contribution in [1.82, 2.24) is 15.0 Å². The first-order valence-electron chi connectivity index (χ1n) is 9.19. The molecule has 1 fully saturated rings. The predicted molar refractivity (Wildman–Crippen MR) is 104 cm³/mol. The number of aromatic hydroxyl groups is 1. The number of nitrogens with zero attached hydrogens (tertiary/aromatic N) is 4. The summed E-state index contributed by atoms with van der Waals surface area (Å²) < 4.78 is 28.3. The molecule has 1 aromatic carbocycles. The molecule has 0 amide bonds. The first-order chi connectivity index (χ1) is 14.3. The number of alkyl halides is 1. The van der Waals surface area contributed by atoms with Gasteiger partial charge in [0.1, 0.15) is 23.4 Å². The standard InChI is InChI=1S/C21H18F2N4O3/c1-27(21(8-14(22)9-21)18-16(23)3-2-6-24-18)20-25-10-13(11-26-20)15-7-12(19(29)30)4-5-17(15)28/h2-7,10-11,14,28H,8-9H2,1H3,(H,29,30). The van der Waals surface area contributed by atoms with Crippen molar-refractivity contribution in [3.63, 3.8) is 0 Å². The van der Waals surface area contributed by atoms with E-state index in [1.54, 1.807) is 11.9 Å². The van der Waals surface area contributed by atoms with Gasteiger partial charge in [-0.2, -0.15) is 0 Å². The molecule has 30 heavy (non-hydrogen) atoms. The number of benzene rings is 1. The maximum Gasteiger partial charge on any atom is 0.335 e. The summed E-state index contributed by atoms with van der Waals surface area (Å²) in [5.41, 5.74) is -0.180. The molecule has 0 spiro atoms. The molecule has 0 radical (unpaired) electrons. The number of halogens is 2. The van der Waals surface area contributed by atoms with Gasteiger partial charge in [0.2, 0.25) is 5.95 Å². The number of aromatic nitrogens is 3. The van der Waals surface area contributed by atoms with Crippen LogP contribution in [0.2, 0.25) is 0 Å². The summed E-state index contributed by atoms with van der Waals surface area (Å²) in [6, 6.07) is 6.66. The SMILES string of the molecule is CN(c1ncc(-c2cc(C(=O)O)ccc2O)cn1)C1(c2ncccc2F)CC(F)C1. The third-order valence-corrected chi connectivity index (χ3v) is 5.45. The number of aromatic carboxylic acids is 1. The van der Waals surface area contributed by atoms with E-state index in [4.69, 9.17) is 5.11 Å². The molecule has 1 aliphatic carbocycles. The maximum absolute atomic E-state index is 14.4. The van der Waals surface area contributed by atoms with E-state index < -0.39 is 23.5 Å². The van der Waals surface area contributed by atoms with Crippen molar-refractivity contribution in [1.29, 1.82) is 0 Å². The number of carboxylic acid groups (broad SMARTS) is 1. The lowest BCUT2D eigenvalue weighted by Gasteiger charge is -2.49. The molecule has 3 aromatic rings. The van der Waals surface area contributed by atoms with E-state index in [9.17, 15) is 18.7 Å². The highest BCUT2D eigenvalue weighted by molar-refractivity contribution is 5.90. The number of anilines is 1. The summed E-state index contributed by atoms with van der Waals surface area (Å²) in [6.07, 6.45) is 3.35. The molecule has 4 rings (SSSR count). The minimum atomic E-state index is -1.13. The Kier molecular flexibility index (Phi) is 4.81. The molecule has 0 atom stereocenters. The average Bonchev–Trinajstić information content (AvgIpc) is 2.71. The number of rotatable bonds is 5. The number of carbonyl (C=O) groups is 1. The Hall–Kier alpha value is -3.62. The first kappa shape index (κ1) is 19.7. The van der Waals surface area contributed by atoms with Crippen LogP contribution in [-0.2, 0) is 5.54 Å². The van der Waals surface area contributed by atoms with Gasteiger partial charge < -0.3 is 15.1 Å². The second kappa shape index (κ2) is 7.33. The van der Waals surface area contributed by atoms with Crippen molar-refractivity contribution in [2.24, 2.45) is 0 Å². The zero-order valence-corrected chi connectivity index (χ0v) is 16.0. The predicted octanol–water partition coefficient (Wildman–Crippen LogP) is 3.55. The average molecular weight is 412 g/mol.